The van der Waals surface area contributed by atoms with Crippen molar-refractivity contribution in [1.29, 1.82) is 0 Å². The quantitative estimate of drug-likeness (QED) is 0.937. The van der Waals surface area contributed by atoms with Crippen molar-refractivity contribution in [2.45, 2.75) is 51.5 Å². The van der Waals surface area contributed by atoms with E-state index in [4.69, 9.17) is 0 Å². The fraction of sp³-hybridized carbons (Fsp3) is 0.500. The molecule has 0 bridgehead atoms. The second-order valence-electron chi connectivity index (χ2n) is 5.72. The highest BCUT2D eigenvalue weighted by molar-refractivity contribution is 7.12. The third-order valence-electron chi connectivity index (χ3n) is 4.35. The number of thiophene rings is 1. The van der Waals surface area contributed by atoms with Crippen molar-refractivity contribution in [2.24, 2.45) is 0 Å². The fourth-order valence-electron chi connectivity index (χ4n) is 3.32. The summed E-state index contributed by atoms with van der Waals surface area (Å²) >= 11 is 1.97. The first-order valence-electron chi connectivity index (χ1n) is 7.57. The molecule has 2 aromatic heterocycles. The third kappa shape index (κ3) is 2.22. The summed E-state index contributed by atoms with van der Waals surface area (Å²) in [4.78, 5) is 11.9. The van der Waals surface area contributed by atoms with Gasteiger partial charge >= 0.3 is 0 Å². The largest absolute Gasteiger partial charge is 0.365 e. The first-order chi connectivity index (χ1) is 9.90. The van der Waals surface area contributed by atoms with Crippen LogP contribution in [0.15, 0.2) is 12.4 Å². The van der Waals surface area contributed by atoms with E-state index in [2.05, 4.69) is 21.4 Å². The molecule has 0 spiro atoms. The van der Waals surface area contributed by atoms with Gasteiger partial charge in [0.15, 0.2) is 0 Å². The van der Waals surface area contributed by atoms with E-state index in [1.165, 1.54) is 48.2 Å². The number of hydrogen-bond acceptors (Lipinski definition) is 4. The molecule has 4 heteroatoms. The van der Waals surface area contributed by atoms with Gasteiger partial charge in [-0.3, -0.25) is 0 Å². The Kier molecular flexibility index (Phi) is 3.19. The maximum absolute atomic E-state index is 4.45. The second kappa shape index (κ2) is 5.17. The minimum atomic E-state index is 0.904. The molecule has 3 nitrogen and oxygen atoms in total. The Hall–Kier alpha value is -1.42. The SMILES string of the molecule is c1nc2c(c(NCc3cc4c(s3)CCC4)n1)CCCC2. The molecule has 4 rings (SSSR count). The van der Waals surface area contributed by atoms with Crippen molar-refractivity contribution < 1.29 is 0 Å². The number of nitrogens with zero attached hydrogens (tertiary/aromatic N) is 2. The van der Waals surface area contributed by atoms with Crippen molar-refractivity contribution in [2.75, 3.05) is 5.32 Å². The minimum absolute atomic E-state index is 0.904. The van der Waals surface area contributed by atoms with Crippen molar-refractivity contribution in [3.63, 3.8) is 0 Å². The number of anilines is 1. The van der Waals surface area contributed by atoms with Crippen LogP contribution in [0.25, 0.3) is 0 Å². The Morgan fingerprint density at radius 1 is 1.05 bits per heavy atom. The van der Waals surface area contributed by atoms with E-state index in [1.807, 2.05) is 11.3 Å². The van der Waals surface area contributed by atoms with E-state index in [0.717, 1.165) is 25.2 Å². The van der Waals surface area contributed by atoms with Crippen LogP contribution in [0.1, 0.15) is 45.8 Å². The fourth-order valence-corrected chi connectivity index (χ4v) is 4.52. The molecular weight excluding hydrogens is 266 g/mol. The molecule has 0 amide bonds. The zero-order valence-corrected chi connectivity index (χ0v) is 12.4. The van der Waals surface area contributed by atoms with Gasteiger partial charge in [0.05, 0.1) is 6.54 Å². The number of aromatic nitrogens is 2. The molecule has 2 aliphatic carbocycles. The molecule has 0 aromatic carbocycles. The Labute approximate surface area is 123 Å². The zero-order chi connectivity index (χ0) is 13.4. The van der Waals surface area contributed by atoms with Gasteiger partial charge < -0.3 is 5.32 Å². The molecule has 0 aliphatic heterocycles. The van der Waals surface area contributed by atoms with Gasteiger partial charge in [0.1, 0.15) is 12.1 Å². The number of aryl methyl sites for hydroxylation is 3. The summed E-state index contributed by atoms with van der Waals surface area (Å²) in [5.41, 5.74) is 4.18. The zero-order valence-electron chi connectivity index (χ0n) is 11.6. The summed E-state index contributed by atoms with van der Waals surface area (Å²) in [7, 11) is 0. The van der Waals surface area contributed by atoms with Crippen molar-refractivity contribution in [1.82, 2.24) is 9.97 Å². The van der Waals surface area contributed by atoms with E-state index in [-0.39, 0.29) is 0 Å². The number of hydrogen-bond donors (Lipinski definition) is 1. The predicted molar refractivity (Wildman–Crippen MR) is 82.3 cm³/mol. The maximum Gasteiger partial charge on any atom is 0.133 e. The Morgan fingerprint density at radius 3 is 2.95 bits per heavy atom. The van der Waals surface area contributed by atoms with Gasteiger partial charge in [0.2, 0.25) is 0 Å². The highest BCUT2D eigenvalue weighted by Crippen LogP contribution is 2.31. The topological polar surface area (TPSA) is 37.8 Å². The van der Waals surface area contributed by atoms with Gasteiger partial charge in [-0.25, -0.2) is 9.97 Å². The van der Waals surface area contributed by atoms with Gasteiger partial charge in [-0.05, 0) is 56.6 Å². The van der Waals surface area contributed by atoms with Gasteiger partial charge in [0.25, 0.3) is 0 Å². The van der Waals surface area contributed by atoms with Gasteiger partial charge in [-0.2, -0.15) is 0 Å². The lowest BCUT2D eigenvalue weighted by Gasteiger charge is -2.17. The molecule has 0 fully saturated rings. The lowest BCUT2D eigenvalue weighted by Crippen LogP contribution is -2.11. The van der Waals surface area contributed by atoms with E-state index in [1.54, 1.807) is 16.8 Å². The Morgan fingerprint density at radius 2 is 2.00 bits per heavy atom. The molecule has 0 unspecified atom stereocenters. The van der Waals surface area contributed by atoms with Gasteiger partial charge in [0, 0.05) is 21.0 Å². The lowest BCUT2D eigenvalue weighted by atomic mass is 9.96. The summed E-state index contributed by atoms with van der Waals surface area (Å²) in [5.74, 6) is 1.06. The molecule has 0 atom stereocenters. The molecule has 0 radical (unpaired) electrons. The lowest BCUT2D eigenvalue weighted by molar-refractivity contribution is 0.663. The Balaban J connectivity index is 1.51. The van der Waals surface area contributed by atoms with Crippen LogP contribution in [0, 0.1) is 0 Å². The van der Waals surface area contributed by atoms with E-state index in [0.29, 0.717) is 0 Å². The monoisotopic (exact) mass is 285 g/mol. The van der Waals surface area contributed by atoms with Crippen LogP contribution >= 0.6 is 11.3 Å². The second-order valence-corrected chi connectivity index (χ2v) is 6.94. The standard InChI is InChI=1S/C16H19N3S/c1-2-6-14-13(5-1)16(19-10-18-14)17-9-12-8-11-4-3-7-15(11)20-12/h8,10H,1-7,9H2,(H,17,18,19). The number of nitrogens with one attached hydrogen (secondary N) is 1. The highest BCUT2D eigenvalue weighted by Gasteiger charge is 2.17. The smallest absolute Gasteiger partial charge is 0.133 e. The van der Waals surface area contributed by atoms with Crippen LogP contribution < -0.4 is 5.32 Å². The van der Waals surface area contributed by atoms with Crippen molar-refractivity contribution in [3.8, 4) is 0 Å². The molecular formula is C16H19N3S. The highest BCUT2D eigenvalue weighted by atomic mass is 32.1. The van der Waals surface area contributed by atoms with Crippen LogP contribution in [0.5, 0.6) is 0 Å². The summed E-state index contributed by atoms with van der Waals surface area (Å²) in [6.07, 6.45) is 10.4. The van der Waals surface area contributed by atoms with E-state index in [9.17, 15) is 0 Å². The van der Waals surface area contributed by atoms with Crippen LogP contribution in [0.2, 0.25) is 0 Å². The normalized spacial score (nSPS) is 16.8. The molecule has 20 heavy (non-hydrogen) atoms. The third-order valence-corrected chi connectivity index (χ3v) is 5.59. The van der Waals surface area contributed by atoms with Crippen LogP contribution in [-0.2, 0) is 32.2 Å². The maximum atomic E-state index is 4.45. The van der Waals surface area contributed by atoms with E-state index < -0.39 is 0 Å². The minimum Gasteiger partial charge on any atom is -0.365 e. The summed E-state index contributed by atoms with van der Waals surface area (Å²) in [6, 6.07) is 2.38. The van der Waals surface area contributed by atoms with Gasteiger partial charge in [-0.15, -0.1) is 11.3 Å². The van der Waals surface area contributed by atoms with Crippen molar-refractivity contribution in [3.05, 3.63) is 39.0 Å². The average molecular weight is 285 g/mol. The predicted octanol–water partition coefficient (Wildman–Crippen LogP) is 3.52. The van der Waals surface area contributed by atoms with Crippen LogP contribution in [0.3, 0.4) is 0 Å². The summed E-state index contributed by atoms with van der Waals surface area (Å²) in [5, 5.41) is 3.54. The molecule has 0 saturated heterocycles. The number of fused-ring (bicyclic) bond motifs is 2. The molecule has 2 heterocycles. The molecule has 2 aliphatic rings. The summed E-state index contributed by atoms with van der Waals surface area (Å²) < 4.78 is 0. The number of rotatable bonds is 3. The first kappa shape index (κ1) is 12.3. The summed E-state index contributed by atoms with van der Waals surface area (Å²) in [6.45, 7) is 0.904. The van der Waals surface area contributed by atoms with Gasteiger partial charge in [-0.1, -0.05) is 0 Å². The molecule has 1 N–H and O–H groups in total. The molecule has 104 valence electrons. The first-order valence-corrected chi connectivity index (χ1v) is 8.39. The van der Waals surface area contributed by atoms with E-state index >= 15 is 0 Å². The van der Waals surface area contributed by atoms with Crippen LogP contribution in [0.4, 0.5) is 5.82 Å². The molecule has 2 aromatic rings. The average Bonchev–Trinajstić information content (AvgIpc) is 3.06. The molecule has 0 saturated carbocycles. The Bertz CT molecular complexity index is 611. The van der Waals surface area contributed by atoms with Crippen molar-refractivity contribution >= 4 is 17.2 Å². The van der Waals surface area contributed by atoms with Crippen LogP contribution in [-0.4, -0.2) is 9.97 Å².